The molecule has 2 atom stereocenters. The molecule has 0 saturated carbocycles. The number of halogens is 2. The lowest BCUT2D eigenvalue weighted by molar-refractivity contribution is -0.136. The van der Waals surface area contributed by atoms with Crippen LogP contribution in [0.4, 0.5) is 8.78 Å². The number of benzene rings is 1. The third-order valence-corrected chi connectivity index (χ3v) is 6.28. The number of nitrogens with one attached hydrogen (secondary N) is 1. The van der Waals surface area contributed by atoms with E-state index < -0.39 is 41.5 Å². The standard InChI is InChI=1S/C20H22F2N4O4/c21-19(22)20(9-23)6-7-25(10-20)8-11-2-1-3-12-15(11)18(30)26(17(12)29)13-4-5-14(27)24-16(13)28/h1-3,13,19H,4-10,23H2,(H,24,27,28). The van der Waals surface area contributed by atoms with Crippen LogP contribution in [0.15, 0.2) is 18.2 Å². The second-order valence-electron chi connectivity index (χ2n) is 8.11. The average Bonchev–Trinajstić information content (AvgIpc) is 3.23. The monoisotopic (exact) mass is 420 g/mol. The zero-order valence-corrected chi connectivity index (χ0v) is 16.2. The van der Waals surface area contributed by atoms with Crippen molar-refractivity contribution < 1.29 is 28.0 Å². The van der Waals surface area contributed by atoms with Crippen LogP contribution < -0.4 is 11.1 Å². The minimum absolute atomic E-state index is 0.0409. The van der Waals surface area contributed by atoms with Gasteiger partial charge in [-0.05, 0) is 31.0 Å². The van der Waals surface area contributed by atoms with Gasteiger partial charge < -0.3 is 5.73 Å². The summed E-state index contributed by atoms with van der Waals surface area (Å²) in [5.41, 5.74) is 5.25. The number of piperidine rings is 1. The topological polar surface area (TPSA) is 113 Å². The fourth-order valence-electron chi connectivity index (χ4n) is 4.51. The predicted octanol–water partition coefficient (Wildman–Crippen LogP) is 0.504. The van der Waals surface area contributed by atoms with Gasteiger partial charge in [-0.2, -0.15) is 0 Å². The number of amides is 4. The van der Waals surface area contributed by atoms with Crippen LogP contribution in [0.5, 0.6) is 0 Å². The van der Waals surface area contributed by atoms with Crippen molar-refractivity contribution in [2.45, 2.75) is 38.3 Å². The molecule has 0 aliphatic carbocycles. The van der Waals surface area contributed by atoms with E-state index in [1.165, 1.54) is 6.07 Å². The summed E-state index contributed by atoms with van der Waals surface area (Å²) >= 11 is 0. The average molecular weight is 420 g/mol. The van der Waals surface area contributed by atoms with Crippen molar-refractivity contribution in [3.8, 4) is 0 Å². The van der Waals surface area contributed by atoms with Crippen LogP contribution in [0.1, 0.15) is 45.5 Å². The molecule has 3 aliphatic rings. The van der Waals surface area contributed by atoms with Crippen LogP contribution >= 0.6 is 0 Å². The molecule has 3 heterocycles. The second kappa shape index (κ2) is 7.51. The Bertz CT molecular complexity index is 937. The summed E-state index contributed by atoms with van der Waals surface area (Å²) in [6.07, 6.45) is -2.17. The number of hydrogen-bond donors (Lipinski definition) is 2. The minimum Gasteiger partial charge on any atom is -0.330 e. The molecule has 2 fully saturated rings. The van der Waals surface area contributed by atoms with Crippen LogP contribution in [-0.2, 0) is 16.1 Å². The van der Waals surface area contributed by atoms with E-state index in [1.54, 1.807) is 17.0 Å². The Morgan fingerprint density at radius 1 is 1.20 bits per heavy atom. The van der Waals surface area contributed by atoms with E-state index in [1.807, 2.05) is 0 Å². The van der Waals surface area contributed by atoms with Gasteiger partial charge in [-0.1, -0.05) is 12.1 Å². The van der Waals surface area contributed by atoms with Crippen molar-refractivity contribution >= 4 is 23.6 Å². The highest BCUT2D eigenvalue weighted by Gasteiger charge is 2.47. The summed E-state index contributed by atoms with van der Waals surface area (Å²) in [5, 5.41) is 2.16. The first-order chi connectivity index (χ1) is 14.3. The first-order valence-electron chi connectivity index (χ1n) is 9.81. The molecule has 2 saturated heterocycles. The van der Waals surface area contributed by atoms with Crippen LogP contribution in [0.3, 0.4) is 0 Å². The summed E-state index contributed by atoms with van der Waals surface area (Å²) in [7, 11) is 0. The number of hydrogen-bond acceptors (Lipinski definition) is 6. The van der Waals surface area contributed by atoms with Crippen molar-refractivity contribution in [3.63, 3.8) is 0 Å². The maximum Gasteiger partial charge on any atom is 0.262 e. The van der Waals surface area contributed by atoms with Gasteiger partial charge in [0.25, 0.3) is 11.8 Å². The summed E-state index contributed by atoms with van der Waals surface area (Å²) in [4.78, 5) is 52.3. The highest BCUT2D eigenvalue weighted by molar-refractivity contribution is 6.24. The zero-order valence-electron chi connectivity index (χ0n) is 16.2. The van der Waals surface area contributed by atoms with Gasteiger partial charge in [0.15, 0.2) is 0 Å². The number of carbonyl (C=O) groups is 4. The number of imide groups is 2. The number of likely N-dealkylation sites (tertiary alicyclic amines) is 1. The fourth-order valence-corrected chi connectivity index (χ4v) is 4.51. The molecule has 0 bridgehead atoms. The number of fused-ring (bicyclic) bond motifs is 1. The van der Waals surface area contributed by atoms with E-state index in [9.17, 15) is 28.0 Å². The number of rotatable bonds is 5. The molecule has 10 heteroatoms. The van der Waals surface area contributed by atoms with Gasteiger partial charge in [0.2, 0.25) is 18.2 Å². The number of nitrogens with zero attached hydrogens (tertiary/aromatic N) is 2. The molecule has 4 amide bonds. The van der Waals surface area contributed by atoms with Crippen molar-refractivity contribution in [1.29, 1.82) is 0 Å². The van der Waals surface area contributed by atoms with E-state index in [4.69, 9.17) is 5.73 Å². The Labute approximate surface area is 171 Å². The summed E-state index contributed by atoms with van der Waals surface area (Å²) in [6.45, 7) is 0.600. The largest absolute Gasteiger partial charge is 0.330 e. The van der Waals surface area contributed by atoms with E-state index in [2.05, 4.69) is 5.32 Å². The molecule has 1 aromatic rings. The molecule has 0 spiro atoms. The Kier molecular flexibility index (Phi) is 5.15. The highest BCUT2D eigenvalue weighted by atomic mass is 19.3. The third-order valence-electron chi connectivity index (χ3n) is 6.28. The van der Waals surface area contributed by atoms with Crippen LogP contribution in [0, 0.1) is 5.41 Å². The number of carbonyl (C=O) groups excluding carboxylic acids is 4. The molecule has 4 rings (SSSR count). The van der Waals surface area contributed by atoms with E-state index in [0.717, 1.165) is 4.90 Å². The van der Waals surface area contributed by atoms with Crippen molar-refractivity contribution in [2.75, 3.05) is 19.6 Å². The van der Waals surface area contributed by atoms with Crippen LogP contribution in [0.25, 0.3) is 0 Å². The van der Waals surface area contributed by atoms with Crippen molar-refractivity contribution in [2.24, 2.45) is 11.1 Å². The molecule has 0 radical (unpaired) electrons. The van der Waals surface area contributed by atoms with Gasteiger partial charge in [0.05, 0.1) is 16.5 Å². The highest BCUT2D eigenvalue weighted by Crippen LogP contribution is 2.37. The molecular weight excluding hydrogens is 398 g/mol. The first kappa shape index (κ1) is 20.5. The molecular formula is C20H22F2N4O4. The van der Waals surface area contributed by atoms with Gasteiger partial charge in [-0.15, -0.1) is 0 Å². The number of nitrogens with two attached hydrogens (primary N) is 1. The molecule has 8 nitrogen and oxygen atoms in total. The second-order valence-corrected chi connectivity index (χ2v) is 8.11. The smallest absolute Gasteiger partial charge is 0.262 e. The van der Waals surface area contributed by atoms with E-state index in [-0.39, 0.29) is 50.0 Å². The third kappa shape index (κ3) is 3.20. The van der Waals surface area contributed by atoms with E-state index >= 15 is 0 Å². The molecule has 3 N–H and O–H groups in total. The maximum absolute atomic E-state index is 13.5. The molecule has 1 aromatic carbocycles. The van der Waals surface area contributed by atoms with Gasteiger partial charge in [0, 0.05) is 26.1 Å². The van der Waals surface area contributed by atoms with Crippen LogP contribution in [-0.4, -0.2) is 65.5 Å². The van der Waals surface area contributed by atoms with Crippen molar-refractivity contribution in [1.82, 2.24) is 15.1 Å². The Morgan fingerprint density at radius 3 is 2.60 bits per heavy atom. The van der Waals surface area contributed by atoms with Gasteiger partial charge in [0.1, 0.15) is 6.04 Å². The SMILES string of the molecule is NCC1(C(F)F)CCN(Cc2cccc3c2C(=O)N(C2CCC(=O)NC2=O)C3=O)C1. The Morgan fingerprint density at radius 2 is 1.97 bits per heavy atom. The zero-order chi connectivity index (χ0) is 21.6. The Balaban J connectivity index is 1.58. The summed E-state index contributed by atoms with van der Waals surface area (Å²) < 4.78 is 27.0. The van der Waals surface area contributed by atoms with Crippen molar-refractivity contribution in [3.05, 3.63) is 34.9 Å². The molecule has 30 heavy (non-hydrogen) atoms. The normalized spacial score (nSPS) is 27.2. The lowest BCUT2D eigenvalue weighted by Gasteiger charge is -2.28. The maximum atomic E-state index is 13.5. The lowest BCUT2D eigenvalue weighted by Crippen LogP contribution is -2.54. The van der Waals surface area contributed by atoms with Gasteiger partial charge in [-0.3, -0.25) is 34.3 Å². The molecule has 2 unspecified atom stereocenters. The van der Waals surface area contributed by atoms with Gasteiger partial charge >= 0.3 is 0 Å². The molecule has 160 valence electrons. The van der Waals surface area contributed by atoms with Crippen LogP contribution in [0.2, 0.25) is 0 Å². The fraction of sp³-hybridized carbons (Fsp3) is 0.500. The molecule has 0 aromatic heterocycles. The molecule has 3 aliphatic heterocycles. The van der Waals surface area contributed by atoms with E-state index in [0.29, 0.717) is 12.1 Å². The summed E-state index contributed by atoms with van der Waals surface area (Å²) in [6, 6.07) is 3.78. The predicted molar refractivity (Wildman–Crippen MR) is 100 cm³/mol. The first-order valence-corrected chi connectivity index (χ1v) is 9.81. The quantitative estimate of drug-likeness (QED) is 0.671. The summed E-state index contributed by atoms with van der Waals surface area (Å²) in [5.74, 6) is -2.30. The van der Waals surface area contributed by atoms with Gasteiger partial charge in [-0.25, -0.2) is 8.78 Å². The number of alkyl halides is 2. The Hall–Kier alpha value is -2.72. The lowest BCUT2D eigenvalue weighted by atomic mass is 9.88. The minimum atomic E-state index is -2.54.